The Morgan fingerprint density at radius 1 is 1.62 bits per heavy atom. The fourth-order valence-corrected chi connectivity index (χ4v) is 1.87. The molecule has 5 nitrogen and oxygen atoms in total. The van der Waals surface area contributed by atoms with E-state index in [4.69, 9.17) is 16.0 Å². The lowest BCUT2D eigenvalue weighted by atomic mass is 10.1. The normalized spacial score (nSPS) is 12.9. The maximum atomic E-state index is 5.98. The summed E-state index contributed by atoms with van der Waals surface area (Å²) in [5, 5.41) is 11.5. The summed E-state index contributed by atoms with van der Waals surface area (Å²) in [5.74, 6) is 0. The summed E-state index contributed by atoms with van der Waals surface area (Å²) in [5.41, 5.74) is 1.85. The summed E-state index contributed by atoms with van der Waals surface area (Å²) in [6.07, 6.45) is 3.29. The van der Waals surface area contributed by atoms with Crippen LogP contribution in [0.15, 0.2) is 22.9 Å². The predicted octanol–water partition coefficient (Wildman–Crippen LogP) is 1.76. The Bertz CT molecular complexity index is 425. The Morgan fingerprint density at radius 2 is 2.44 bits per heavy atom. The van der Waals surface area contributed by atoms with E-state index < -0.39 is 0 Å². The average molecular weight is 241 g/mol. The fourth-order valence-electron chi connectivity index (χ4n) is 1.65. The molecule has 2 aromatic heterocycles. The molecule has 0 bridgehead atoms. The molecule has 1 atom stereocenters. The largest absolute Gasteiger partial charge is 0.453 e. The maximum Gasteiger partial charge on any atom is 0.198 e. The van der Waals surface area contributed by atoms with Crippen LogP contribution in [0.3, 0.4) is 0 Å². The van der Waals surface area contributed by atoms with E-state index in [0.717, 1.165) is 17.8 Å². The van der Waals surface area contributed by atoms with Gasteiger partial charge in [-0.1, -0.05) is 12.1 Å². The molecule has 0 aromatic carbocycles. The average Bonchev–Trinajstić information content (AvgIpc) is 2.84. The van der Waals surface area contributed by atoms with Gasteiger partial charge in [0.1, 0.15) is 0 Å². The fraction of sp³-hybridized carbons (Fsp3) is 0.400. The van der Waals surface area contributed by atoms with Gasteiger partial charge in [0, 0.05) is 12.6 Å². The Balaban J connectivity index is 2.39. The topological polar surface area (TPSA) is 55.9 Å². The van der Waals surface area contributed by atoms with Crippen molar-refractivity contribution in [1.29, 1.82) is 0 Å². The standard InChI is InChI=1S/C10H13ClN4O/c1-3-12-9(7-4-5-16-10(7)11)8-6-13-14-15(8)2/h4-6,9,12H,3H2,1-2H3. The van der Waals surface area contributed by atoms with Gasteiger partial charge < -0.3 is 9.73 Å². The molecule has 0 saturated heterocycles. The molecule has 6 heteroatoms. The Hall–Kier alpha value is -1.33. The zero-order valence-electron chi connectivity index (χ0n) is 9.14. The third-order valence-corrected chi connectivity index (χ3v) is 2.72. The van der Waals surface area contributed by atoms with Crippen LogP contribution in [-0.4, -0.2) is 21.5 Å². The number of rotatable bonds is 4. The minimum Gasteiger partial charge on any atom is -0.453 e. The number of hydrogen-bond donors (Lipinski definition) is 1. The van der Waals surface area contributed by atoms with Crippen LogP contribution in [0, 0.1) is 0 Å². The van der Waals surface area contributed by atoms with Gasteiger partial charge in [0.25, 0.3) is 0 Å². The molecular formula is C10H13ClN4O. The molecule has 2 heterocycles. The summed E-state index contributed by atoms with van der Waals surface area (Å²) in [6, 6.07) is 1.80. The molecule has 16 heavy (non-hydrogen) atoms. The van der Waals surface area contributed by atoms with E-state index in [-0.39, 0.29) is 6.04 Å². The molecule has 0 aliphatic carbocycles. The molecule has 1 unspecified atom stereocenters. The first-order valence-corrected chi connectivity index (χ1v) is 5.42. The molecule has 2 aromatic rings. The Morgan fingerprint density at radius 3 is 2.94 bits per heavy atom. The van der Waals surface area contributed by atoms with Crippen molar-refractivity contribution in [2.45, 2.75) is 13.0 Å². The number of nitrogens with zero attached hydrogens (tertiary/aromatic N) is 3. The van der Waals surface area contributed by atoms with E-state index in [1.165, 1.54) is 0 Å². The van der Waals surface area contributed by atoms with Crippen molar-refractivity contribution < 1.29 is 4.42 Å². The molecule has 0 spiro atoms. The number of halogens is 1. The maximum absolute atomic E-state index is 5.98. The number of aryl methyl sites for hydroxylation is 1. The SMILES string of the molecule is CCNC(c1ccoc1Cl)c1cnnn1C. The van der Waals surface area contributed by atoms with Gasteiger partial charge in [0.05, 0.1) is 24.2 Å². The second-order valence-electron chi connectivity index (χ2n) is 3.42. The van der Waals surface area contributed by atoms with Crippen molar-refractivity contribution in [3.05, 3.63) is 35.0 Å². The second kappa shape index (κ2) is 4.67. The van der Waals surface area contributed by atoms with E-state index in [1.807, 2.05) is 20.0 Å². The van der Waals surface area contributed by atoms with Crippen LogP contribution >= 0.6 is 11.6 Å². The highest BCUT2D eigenvalue weighted by Gasteiger charge is 2.21. The van der Waals surface area contributed by atoms with Crippen LogP contribution in [0.1, 0.15) is 24.2 Å². The first-order chi connectivity index (χ1) is 7.74. The number of hydrogen-bond acceptors (Lipinski definition) is 4. The predicted molar refractivity (Wildman–Crippen MR) is 60.2 cm³/mol. The van der Waals surface area contributed by atoms with Gasteiger partial charge in [-0.05, 0) is 24.2 Å². The van der Waals surface area contributed by atoms with E-state index in [2.05, 4.69) is 15.6 Å². The minimum absolute atomic E-state index is 0.0451. The molecule has 0 fully saturated rings. The van der Waals surface area contributed by atoms with E-state index in [1.54, 1.807) is 17.1 Å². The highest BCUT2D eigenvalue weighted by molar-refractivity contribution is 6.29. The smallest absolute Gasteiger partial charge is 0.198 e. The Kier molecular flexibility index (Phi) is 3.26. The summed E-state index contributed by atoms with van der Waals surface area (Å²) < 4.78 is 6.82. The van der Waals surface area contributed by atoms with Gasteiger partial charge >= 0.3 is 0 Å². The van der Waals surface area contributed by atoms with Crippen LogP contribution in [0.4, 0.5) is 0 Å². The van der Waals surface area contributed by atoms with Gasteiger partial charge in [-0.25, -0.2) is 0 Å². The highest BCUT2D eigenvalue weighted by Crippen LogP contribution is 2.28. The van der Waals surface area contributed by atoms with Crippen LogP contribution in [0.2, 0.25) is 5.22 Å². The lowest BCUT2D eigenvalue weighted by molar-refractivity contribution is 0.540. The van der Waals surface area contributed by atoms with Crippen molar-refractivity contribution in [2.75, 3.05) is 6.54 Å². The highest BCUT2D eigenvalue weighted by atomic mass is 35.5. The molecule has 0 amide bonds. The molecule has 86 valence electrons. The second-order valence-corrected chi connectivity index (χ2v) is 3.77. The third-order valence-electron chi connectivity index (χ3n) is 2.41. The van der Waals surface area contributed by atoms with Crippen LogP contribution in [-0.2, 0) is 7.05 Å². The molecule has 0 aliphatic heterocycles. The minimum atomic E-state index is -0.0451. The van der Waals surface area contributed by atoms with E-state index in [9.17, 15) is 0 Å². The molecule has 0 radical (unpaired) electrons. The number of furan rings is 1. The Labute approximate surface area is 98.4 Å². The monoisotopic (exact) mass is 240 g/mol. The summed E-state index contributed by atoms with van der Waals surface area (Å²) in [4.78, 5) is 0. The molecule has 0 saturated carbocycles. The summed E-state index contributed by atoms with van der Waals surface area (Å²) >= 11 is 5.98. The third kappa shape index (κ3) is 1.96. The van der Waals surface area contributed by atoms with Gasteiger partial charge in [-0.3, -0.25) is 4.68 Å². The van der Waals surface area contributed by atoms with Crippen LogP contribution < -0.4 is 5.32 Å². The number of aromatic nitrogens is 3. The van der Waals surface area contributed by atoms with Crippen molar-refractivity contribution >= 4 is 11.6 Å². The lowest BCUT2D eigenvalue weighted by Gasteiger charge is -2.16. The van der Waals surface area contributed by atoms with Gasteiger partial charge in [-0.2, -0.15) is 0 Å². The van der Waals surface area contributed by atoms with Gasteiger partial charge in [0.2, 0.25) is 0 Å². The summed E-state index contributed by atoms with van der Waals surface area (Å²) in [7, 11) is 1.85. The van der Waals surface area contributed by atoms with Crippen molar-refractivity contribution in [2.24, 2.45) is 7.05 Å². The van der Waals surface area contributed by atoms with Crippen molar-refractivity contribution in [3.8, 4) is 0 Å². The molecule has 1 N–H and O–H groups in total. The zero-order chi connectivity index (χ0) is 11.5. The number of nitrogens with one attached hydrogen (secondary N) is 1. The lowest BCUT2D eigenvalue weighted by Crippen LogP contribution is -2.24. The molecule has 0 aliphatic rings. The van der Waals surface area contributed by atoms with Gasteiger partial charge in [-0.15, -0.1) is 5.10 Å². The van der Waals surface area contributed by atoms with E-state index in [0.29, 0.717) is 5.22 Å². The zero-order valence-corrected chi connectivity index (χ0v) is 9.90. The summed E-state index contributed by atoms with van der Waals surface area (Å²) in [6.45, 7) is 2.85. The van der Waals surface area contributed by atoms with Crippen LogP contribution in [0.25, 0.3) is 0 Å². The quantitative estimate of drug-likeness (QED) is 0.885. The van der Waals surface area contributed by atoms with Crippen LogP contribution in [0.5, 0.6) is 0 Å². The first-order valence-electron chi connectivity index (χ1n) is 5.05. The van der Waals surface area contributed by atoms with Crippen molar-refractivity contribution in [1.82, 2.24) is 20.3 Å². The molecular weight excluding hydrogens is 228 g/mol. The van der Waals surface area contributed by atoms with E-state index >= 15 is 0 Å². The first kappa shape index (κ1) is 11.2. The van der Waals surface area contributed by atoms with Crippen molar-refractivity contribution in [3.63, 3.8) is 0 Å². The molecule has 2 rings (SSSR count). The van der Waals surface area contributed by atoms with Gasteiger partial charge in [0.15, 0.2) is 5.22 Å².